The molecule has 0 aromatic rings. The molecule has 1 saturated carbocycles. The molecular weight excluding hydrogens is 226 g/mol. The Balaban J connectivity index is 2.15. The molecule has 18 heavy (non-hydrogen) atoms. The van der Waals surface area contributed by atoms with Crippen LogP contribution in [0.2, 0.25) is 0 Å². The molecule has 2 rings (SSSR count). The first-order valence-corrected chi connectivity index (χ1v) is 7.51. The van der Waals surface area contributed by atoms with Crippen LogP contribution in [0.4, 0.5) is 0 Å². The molecule has 2 aliphatic rings. The van der Waals surface area contributed by atoms with E-state index < -0.39 is 5.97 Å². The highest BCUT2D eigenvalue weighted by Crippen LogP contribution is 2.38. The second-order valence-electron chi connectivity index (χ2n) is 6.55. The number of hydrogen-bond acceptors (Lipinski definition) is 2. The standard InChI is InChI=1S/C15H27NO2/c1-10(2)12-6-4-5-7-13(12)16-9-8-11(3)14(16)15(17)18/h10-14H,4-9H2,1-3H3,(H,17,18). The lowest BCUT2D eigenvalue weighted by Gasteiger charge is -2.42. The van der Waals surface area contributed by atoms with E-state index in [4.69, 9.17) is 0 Å². The zero-order chi connectivity index (χ0) is 13.3. The van der Waals surface area contributed by atoms with Crippen LogP contribution in [0, 0.1) is 17.8 Å². The van der Waals surface area contributed by atoms with E-state index in [1.165, 1.54) is 25.7 Å². The minimum atomic E-state index is -0.618. The summed E-state index contributed by atoms with van der Waals surface area (Å²) in [6.07, 6.45) is 6.10. The lowest BCUT2D eigenvalue weighted by molar-refractivity contribution is -0.145. The Morgan fingerprint density at radius 2 is 1.89 bits per heavy atom. The lowest BCUT2D eigenvalue weighted by atomic mass is 9.77. The van der Waals surface area contributed by atoms with Gasteiger partial charge in [-0.05, 0) is 43.6 Å². The number of aliphatic carboxylic acids is 1. The minimum Gasteiger partial charge on any atom is -0.480 e. The van der Waals surface area contributed by atoms with Crippen LogP contribution >= 0.6 is 0 Å². The first-order valence-electron chi connectivity index (χ1n) is 7.51. The average Bonchev–Trinajstić information content (AvgIpc) is 2.71. The number of likely N-dealkylation sites (tertiary alicyclic amines) is 1. The van der Waals surface area contributed by atoms with Crippen molar-refractivity contribution in [3.05, 3.63) is 0 Å². The summed E-state index contributed by atoms with van der Waals surface area (Å²) in [6, 6.07) is 0.263. The summed E-state index contributed by atoms with van der Waals surface area (Å²) >= 11 is 0. The predicted octanol–water partition coefficient (Wildman–Crippen LogP) is 3.00. The molecule has 3 nitrogen and oxygen atoms in total. The smallest absolute Gasteiger partial charge is 0.321 e. The summed E-state index contributed by atoms with van der Waals surface area (Å²) < 4.78 is 0. The highest BCUT2D eigenvalue weighted by atomic mass is 16.4. The van der Waals surface area contributed by atoms with Crippen LogP contribution in [0.1, 0.15) is 52.9 Å². The van der Waals surface area contributed by atoms with Crippen molar-refractivity contribution < 1.29 is 9.90 Å². The number of carbonyl (C=O) groups is 1. The third kappa shape index (κ3) is 2.56. The van der Waals surface area contributed by atoms with E-state index in [0.717, 1.165) is 13.0 Å². The molecule has 2 fully saturated rings. The lowest BCUT2D eigenvalue weighted by Crippen LogP contribution is -2.50. The molecule has 1 N–H and O–H groups in total. The molecule has 1 heterocycles. The molecule has 0 aromatic carbocycles. The van der Waals surface area contributed by atoms with Crippen molar-refractivity contribution >= 4 is 5.97 Å². The van der Waals surface area contributed by atoms with Crippen molar-refractivity contribution in [3.63, 3.8) is 0 Å². The zero-order valence-corrected chi connectivity index (χ0v) is 11.9. The molecule has 4 atom stereocenters. The molecule has 0 aromatic heterocycles. The van der Waals surface area contributed by atoms with Gasteiger partial charge in [-0.1, -0.05) is 33.6 Å². The first kappa shape index (κ1) is 13.9. The fraction of sp³-hybridized carbons (Fsp3) is 0.933. The predicted molar refractivity (Wildman–Crippen MR) is 72.5 cm³/mol. The molecule has 1 aliphatic heterocycles. The molecule has 104 valence electrons. The number of nitrogens with zero attached hydrogens (tertiary/aromatic N) is 1. The molecule has 0 spiro atoms. The summed E-state index contributed by atoms with van der Waals surface area (Å²) in [7, 11) is 0. The third-order valence-corrected chi connectivity index (χ3v) is 5.06. The highest BCUT2D eigenvalue weighted by molar-refractivity contribution is 5.74. The third-order valence-electron chi connectivity index (χ3n) is 5.06. The summed E-state index contributed by atoms with van der Waals surface area (Å²) in [5.74, 6) is 1.04. The Hall–Kier alpha value is -0.570. The van der Waals surface area contributed by atoms with Crippen molar-refractivity contribution in [2.24, 2.45) is 17.8 Å². The Labute approximate surface area is 111 Å². The Morgan fingerprint density at radius 1 is 1.22 bits per heavy atom. The Bertz CT molecular complexity index is 303. The summed E-state index contributed by atoms with van der Waals surface area (Å²) in [6.45, 7) is 7.65. The fourth-order valence-electron chi connectivity index (χ4n) is 4.06. The van der Waals surface area contributed by atoms with Crippen molar-refractivity contribution in [1.82, 2.24) is 4.90 Å². The Kier molecular flexibility index (Phi) is 4.31. The first-order chi connectivity index (χ1) is 8.52. The van der Waals surface area contributed by atoms with Gasteiger partial charge in [0.2, 0.25) is 0 Å². The molecular formula is C15H27NO2. The van der Waals surface area contributed by atoms with Crippen molar-refractivity contribution in [3.8, 4) is 0 Å². The van der Waals surface area contributed by atoms with E-state index in [0.29, 0.717) is 23.8 Å². The van der Waals surface area contributed by atoms with E-state index >= 15 is 0 Å². The van der Waals surface area contributed by atoms with Crippen LogP contribution in [0.15, 0.2) is 0 Å². The van der Waals surface area contributed by atoms with Crippen molar-refractivity contribution in [2.45, 2.75) is 65.0 Å². The highest BCUT2D eigenvalue weighted by Gasteiger charge is 2.43. The second-order valence-corrected chi connectivity index (χ2v) is 6.55. The largest absolute Gasteiger partial charge is 0.480 e. The molecule has 1 aliphatic carbocycles. The summed E-state index contributed by atoms with van der Waals surface area (Å²) in [5, 5.41) is 9.47. The van der Waals surface area contributed by atoms with Crippen LogP contribution in [-0.4, -0.2) is 34.6 Å². The Morgan fingerprint density at radius 3 is 2.50 bits per heavy atom. The maximum absolute atomic E-state index is 11.5. The van der Waals surface area contributed by atoms with Crippen molar-refractivity contribution in [2.75, 3.05) is 6.54 Å². The number of hydrogen-bond donors (Lipinski definition) is 1. The van der Waals surface area contributed by atoms with Gasteiger partial charge in [-0.25, -0.2) is 0 Å². The van der Waals surface area contributed by atoms with Gasteiger partial charge in [0.15, 0.2) is 0 Å². The van der Waals surface area contributed by atoms with Crippen LogP contribution in [-0.2, 0) is 4.79 Å². The summed E-state index contributed by atoms with van der Waals surface area (Å²) in [5.41, 5.74) is 0. The number of carboxylic acids is 1. The van der Waals surface area contributed by atoms with Crippen LogP contribution in [0.3, 0.4) is 0 Å². The maximum Gasteiger partial charge on any atom is 0.321 e. The topological polar surface area (TPSA) is 40.5 Å². The SMILES string of the molecule is CC(C)C1CCCCC1N1CCC(C)C1C(=O)O. The molecule has 0 bridgehead atoms. The van der Waals surface area contributed by atoms with Crippen molar-refractivity contribution in [1.29, 1.82) is 0 Å². The van der Waals surface area contributed by atoms with Crippen LogP contribution in [0.25, 0.3) is 0 Å². The van der Waals surface area contributed by atoms with Gasteiger partial charge in [0.1, 0.15) is 6.04 Å². The van der Waals surface area contributed by atoms with E-state index in [2.05, 4.69) is 25.7 Å². The van der Waals surface area contributed by atoms with E-state index in [1.54, 1.807) is 0 Å². The van der Waals surface area contributed by atoms with Gasteiger partial charge in [-0.15, -0.1) is 0 Å². The van der Waals surface area contributed by atoms with Gasteiger partial charge < -0.3 is 5.11 Å². The fourth-order valence-corrected chi connectivity index (χ4v) is 4.06. The minimum absolute atomic E-state index is 0.241. The summed E-state index contributed by atoms with van der Waals surface area (Å²) in [4.78, 5) is 13.8. The molecule has 1 saturated heterocycles. The van der Waals surface area contributed by atoms with Gasteiger partial charge in [-0.3, -0.25) is 9.69 Å². The van der Waals surface area contributed by atoms with Crippen LogP contribution in [0.5, 0.6) is 0 Å². The molecule has 4 unspecified atom stereocenters. The maximum atomic E-state index is 11.5. The number of carboxylic acid groups (broad SMARTS) is 1. The average molecular weight is 253 g/mol. The van der Waals surface area contributed by atoms with Crippen LogP contribution < -0.4 is 0 Å². The van der Waals surface area contributed by atoms with E-state index in [-0.39, 0.29) is 6.04 Å². The van der Waals surface area contributed by atoms with E-state index in [1.807, 2.05) is 0 Å². The second kappa shape index (κ2) is 5.60. The van der Waals surface area contributed by atoms with Gasteiger partial charge in [-0.2, -0.15) is 0 Å². The van der Waals surface area contributed by atoms with Gasteiger partial charge in [0, 0.05) is 6.04 Å². The van der Waals surface area contributed by atoms with Gasteiger partial charge in [0.05, 0.1) is 0 Å². The quantitative estimate of drug-likeness (QED) is 0.840. The van der Waals surface area contributed by atoms with Gasteiger partial charge >= 0.3 is 5.97 Å². The molecule has 3 heteroatoms. The monoisotopic (exact) mass is 253 g/mol. The normalized spacial score (nSPS) is 38.2. The molecule has 0 radical (unpaired) electrons. The molecule has 0 amide bonds. The van der Waals surface area contributed by atoms with Gasteiger partial charge in [0.25, 0.3) is 0 Å². The zero-order valence-electron chi connectivity index (χ0n) is 11.9. The van der Waals surface area contributed by atoms with E-state index in [9.17, 15) is 9.90 Å². The number of rotatable bonds is 3.